The van der Waals surface area contributed by atoms with Crippen molar-refractivity contribution in [1.82, 2.24) is 9.78 Å². The minimum absolute atomic E-state index is 0.147. The van der Waals surface area contributed by atoms with E-state index in [9.17, 15) is 4.79 Å². The average molecular weight is 275 g/mol. The number of ether oxygens (including phenoxy) is 2. The summed E-state index contributed by atoms with van der Waals surface area (Å²) in [5, 5.41) is 5.01. The summed E-state index contributed by atoms with van der Waals surface area (Å²) in [7, 11) is 1.34. The van der Waals surface area contributed by atoms with Crippen molar-refractivity contribution in [3.05, 3.63) is 23.9 Å². The van der Waals surface area contributed by atoms with Crippen LogP contribution in [0.2, 0.25) is 0 Å². The fraction of sp³-hybridized carbons (Fsp3) is 0.429. The second-order valence-corrected chi connectivity index (χ2v) is 4.85. The van der Waals surface area contributed by atoms with Crippen molar-refractivity contribution in [3.63, 3.8) is 0 Å². The van der Waals surface area contributed by atoms with Crippen LogP contribution >= 0.6 is 0 Å². The number of benzene rings is 1. The molecule has 1 fully saturated rings. The van der Waals surface area contributed by atoms with Crippen molar-refractivity contribution in [1.29, 1.82) is 0 Å². The van der Waals surface area contributed by atoms with Gasteiger partial charge in [-0.25, -0.2) is 9.48 Å². The number of carbonyl (C=O) groups excluding carboxylic acids is 1. The number of anilines is 1. The molecule has 6 nitrogen and oxygen atoms in total. The molecule has 0 radical (unpaired) electrons. The molecular formula is C14H17N3O3. The summed E-state index contributed by atoms with van der Waals surface area (Å²) < 4.78 is 12.3. The zero-order chi connectivity index (χ0) is 14.1. The van der Waals surface area contributed by atoms with Crippen molar-refractivity contribution < 1.29 is 14.3 Å². The maximum atomic E-state index is 11.9. The minimum Gasteiger partial charge on any atom is -0.464 e. The van der Waals surface area contributed by atoms with Crippen molar-refractivity contribution >= 4 is 22.6 Å². The Bertz CT molecular complexity index is 644. The maximum Gasteiger partial charge on any atom is 0.359 e. The van der Waals surface area contributed by atoms with Gasteiger partial charge in [-0.15, -0.1) is 0 Å². The molecule has 0 amide bonds. The molecule has 1 aliphatic heterocycles. The molecule has 0 saturated carbocycles. The van der Waals surface area contributed by atoms with Gasteiger partial charge in [-0.1, -0.05) is 6.07 Å². The highest BCUT2D eigenvalue weighted by atomic mass is 16.5. The molecule has 1 aromatic heterocycles. The number of nitrogens with two attached hydrogens (primary N) is 1. The summed E-state index contributed by atoms with van der Waals surface area (Å²) in [5.74, 6) is -0.484. The number of fused-ring (bicyclic) bond motifs is 1. The van der Waals surface area contributed by atoms with Gasteiger partial charge in [0.15, 0.2) is 11.9 Å². The fourth-order valence-electron chi connectivity index (χ4n) is 2.59. The third-order valence-electron chi connectivity index (χ3n) is 3.57. The van der Waals surface area contributed by atoms with Gasteiger partial charge < -0.3 is 15.2 Å². The minimum atomic E-state index is -0.484. The van der Waals surface area contributed by atoms with E-state index >= 15 is 0 Å². The first kappa shape index (κ1) is 12.9. The largest absolute Gasteiger partial charge is 0.464 e. The Kier molecular flexibility index (Phi) is 3.31. The highest BCUT2D eigenvalue weighted by molar-refractivity contribution is 6.07. The molecular weight excluding hydrogens is 258 g/mol. The summed E-state index contributed by atoms with van der Waals surface area (Å²) in [6.45, 7) is 0.710. The van der Waals surface area contributed by atoms with Crippen LogP contribution < -0.4 is 5.73 Å². The Labute approximate surface area is 116 Å². The van der Waals surface area contributed by atoms with Crippen molar-refractivity contribution in [2.75, 3.05) is 19.5 Å². The number of rotatable bonds is 2. The number of esters is 1. The van der Waals surface area contributed by atoms with Gasteiger partial charge >= 0.3 is 5.97 Å². The van der Waals surface area contributed by atoms with Crippen LogP contribution in [0.25, 0.3) is 10.9 Å². The van der Waals surface area contributed by atoms with Crippen LogP contribution in [-0.4, -0.2) is 29.5 Å². The summed E-state index contributed by atoms with van der Waals surface area (Å²) in [5.41, 5.74) is 7.56. The quantitative estimate of drug-likeness (QED) is 0.670. The molecule has 6 heteroatoms. The van der Waals surface area contributed by atoms with Crippen LogP contribution in [0.15, 0.2) is 18.2 Å². The van der Waals surface area contributed by atoms with E-state index in [4.69, 9.17) is 15.2 Å². The van der Waals surface area contributed by atoms with Gasteiger partial charge in [0.05, 0.1) is 18.0 Å². The molecule has 0 spiro atoms. The van der Waals surface area contributed by atoms with Crippen molar-refractivity contribution in [2.45, 2.75) is 25.5 Å². The second-order valence-electron chi connectivity index (χ2n) is 4.85. The lowest BCUT2D eigenvalue weighted by Gasteiger charge is -2.23. The Hall–Kier alpha value is -2.08. The van der Waals surface area contributed by atoms with Crippen LogP contribution in [0, 0.1) is 0 Å². The third kappa shape index (κ3) is 2.02. The molecule has 1 aromatic carbocycles. The molecule has 20 heavy (non-hydrogen) atoms. The van der Waals surface area contributed by atoms with Crippen LogP contribution in [0.4, 0.5) is 5.69 Å². The lowest BCUT2D eigenvalue weighted by atomic mass is 10.1. The SMILES string of the molecule is COC(=O)c1nn(C2CCCCO2)c2cccc(N)c12. The number of aromatic nitrogens is 2. The summed E-state index contributed by atoms with van der Waals surface area (Å²) in [4.78, 5) is 11.9. The van der Waals surface area contributed by atoms with Gasteiger partial charge in [0.1, 0.15) is 0 Å². The fourth-order valence-corrected chi connectivity index (χ4v) is 2.59. The topological polar surface area (TPSA) is 79.4 Å². The first-order valence-corrected chi connectivity index (χ1v) is 6.69. The lowest BCUT2D eigenvalue weighted by molar-refractivity contribution is -0.0369. The predicted molar refractivity (Wildman–Crippen MR) is 74.3 cm³/mol. The molecule has 1 saturated heterocycles. The average Bonchev–Trinajstić information content (AvgIpc) is 2.88. The molecule has 3 rings (SSSR count). The Morgan fingerprint density at radius 1 is 1.50 bits per heavy atom. The number of methoxy groups -OCH3 is 1. The standard InChI is InChI=1S/C14H17N3O3/c1-19-14(18)13-12-9(15)5-4-6-10(12)17(16-13)11-7-2-3-8-20-11/h4-6,11H,2-3,7-8,15H2,1H3. The van der Waals surface area contributed by atoms with E-state index in [0.717, 1.165) is 24.8 Å². The highest BCUT2D eigenvalue weighted by Crippen LogP contribution is 2.31. The first-order valence-electron chi connectivity index (χ1n) is 6.69. The summed E-state index contributed by atoms with van der Waals surface area (Å²) >= 11 is 0. The van der Waals surface area contributed by atoms with E-state index in [1.165, 1.54) is 7.11 Å². The van der Waals surface area contributed by atoms with Crippen LogP contribution in [0.1, 0.15) is 36.0 Å². The molecule has 0 bridgehead atoms. The lowest BCUT2D eigenvalue weighted by Crippen LogP contribution is -2.19. The van der Waals surface area contributed by atoms with Gasteiger partial charge in [-0.2, -0.15) is 5.10 Å². The number of hydrogen-bond donors (Lipinski definition) is 1. The van der Waals surface area contributed by atoms with Crippen molar-refractivity contribution in [3.8, 4) is 0 Å². The van der Waals surface area contributed by atoms with Gasteiger partial charge in [0, 0.05) is 12.3 Å². The second kappa shape index (κ2) is 5.13. The summed E-state index contributed by atoms with van der Waals surface area (Å²) in [6.07, 6.45) is 2.88. The molecule has 106 valence electrons. The van der Waals surface area contributed by atoms with Gasteiger partial charge in [0.25, 0.3) is 0 Å². The van der Waals surface area contributed by atoms with E-state index in [1.807, 2.05) is 12.1 Å². The van der Waals surface area contributed by atoms with Crippen LogP contribution in [0.5, 0.6) is 0 Å². The molecule has 1 atom stereocenters. The zero-order valence-electron chi connectivity index (χ0n) is 11.3. The zero-order valence-corrected chi connectivity index (χ0v) is 11.3. The Balaban J connectivity index is 2.17. The number of hydrogen-bond acceptors (Lipinski definition) is 5. The molecule has 1 unspecified atom stereocenters. The van der Waals surface area contributed by atoms with E-state index in [1.54, 1.807) is 10.7 Å². The maximum absolute atomic E-state index is 11.9. The summed E-state index contributed by atoms with van der Waals surface area (Å²) in [6, 6.07) is 5.49. The van der Waals surface area contributed by atoms with Gasteiger partial charge in [-0.05, 0) is 31.4 Å². The van der Waals surface area contributed by atoms with Crippen LogP contribution in [0.3, 0.4) is 0 Å². The highest BCUT2D eigenvalue weighted by Gasteiger charge is 2.25. The molecule has 2 aromatic rings. The third-order valence-corrected chi connectivity index (χ3v) is 3.57. The van der Waals surface area contributed by atoms with Crippen LogP contribution in [-0.2, 0) is 9.47 Å². The van der Waals surface area contributed by atoms with E-state index < -0.39 is 5.97 Å². The Morgan fingerprint density at radius 3 is 3.05 bits per heavy atom. The predicted octanol–water partition coefficient (Wildman–Crippen LogP) is 2.10. The molecule has 2 N–H and O–H groups in total. The number of carbonyl (C=O) groups is 1. The molecule has 2 heterocycles. The normalized spacial score (nSPS) is 19.1. The number of nitrogens with zero attached hydrogens (tertiary/aromatic N) is 2. The van der Waals surface area contributed by atoms with Gasteiger partial charge in [0.2, 0.25) is 0 Å². The Morgan fingerprint density at radius 2 is 2.35 bits per heavy atom. The van der Waals surface area contributed by atoms with E-state index in [2.05, 4.69) is 5.10 Å². The van der Waals surface area contributed by atoms with E-state index in [-0.39, 0.29) is 11.9 Å². The molecule has 0 aliphatic carbocycles. The van der Waals surface area contributed by atoms with Gasteiger partial charge in [-0.3, -0.25) is 0 Å². The van der Waals surface area contributed by atoms with Crippen molar-refractivity contribution in [2.24, 2.45) is 0 Å². The van der Waals surface area contributed by atoms with E-state index in [0.29, 0.717) is 17.7 Å². The smallest absolute Gasteiger partial charge is 0.359 e. The first-order chi connectivity index (χ1) is 9.72. The monoisotopic (exact) mass is 275 g/mol. The molecule has 1 aliphatic rings. The number of nitrogen functional groups attached to an aromatic ring is 1.